The number of nitrogens with zero attached hydrogens (tertiary/aromatic N) is 4. The lowest BCUT2D eigenvalue weighted by molar-refractivity contribution is -0.192. The number of rotatable bonds is 6. The predicted molar refractivity (Wildman–Crippen MR) is 96.2 cm³/mol. The van der Waals surface area contributed by atoms with E-state index in [2.05, 4.69) is 25.3 Å². The lowest BCUT2D eigenvalue weighted by Gasteiger charge is -2.05. The molecule has 0 atom stereocenters. The summed E-state index contributed by atoms with van der Waals surface area (Å²) in [7, 11) is 0. The monoisotopic (exact) mass is 468 g/mol. The van der Waals surface area contributed by atoms with Crippen molar-refractivity contribution >= 4 is 23.4 Å². The van der Waals surface area contributed by atoms with Gasteiger partial charge in [0.05, 0.1) is 10.7 Å². The van der Waals surface area contributed by atoms with Gasteiger partial charge >= 0.3 is 17.9 Å². The SMILES string of the molecule is NCCCNc1nonc1-c1noc(=O)n1-c1ccc(F)c(Cl)c1.O=C(O)C(F)(F)F. The van der Waals surface area contributed by atoms with Crippen molar-refractivity contribution < 1.29 is 36.6 Å². The van der Waals surface area contributed by atoms with Gasteiger partial charge in [0.2, 0.25) is 11.6 Å². The fraction of sp³-hybridized carbons (Fsp3) is 0.267. The third kappa shape index (κ3) is 6.02. The zero-order valence-electron chi connectivity index (χ0n) is 15.2. The molecular formula is C15H13ClF4N6O5. The predicted octanol–water partition coefficient (Wildman–Crippen LogP) is 2.06. The molecule has 168 valence electrons. The molecule has 3 aromatic rings. The number of benzene rings is 1. The number of alkyl halides is 3. The van der Waals surface area contributed by atoms with Crippen molar-refractivity contribution in [3.05, 3.63) is 39.6 Å². The van der Waals surface area contributed by atoms with Crippen LogP contribution in [0.2, 0.25) is 5.02 Å². The smallest absolute Gasteiger partial charge is 0.475 e. The lowest BCUT2D eigenvalue weighted by Crippen LogP contribution is -2.21. The number of carboxylic acids is 1. The lowest BCUT2D eigenvalue weighted by atomic mass is 10.3. The van der Waals surface area contributed by atoms with E-state index in [1.807, 2.05) is 0 Å². The average Bonchev–Trinajstić information content (AvgIpc) is 3.30. The molecule has 2 heterocycles. The van der Waals surface area contributed by atoms with Gasteiger partial charge < -0.3 is 16.2 Å². The third-order valence-corrected chi connectivity index (χ3v) is 3.67. The highest BCUT2D eigenvalue weighted by Crippen LogP contribution is 2.25. The first kappa shape index (κ1) is 23.8. The molecule has 3 rings (SSSR count). The summed E-state index contributed by atoms with van der Waals surface area (Å²) in [6.07, 6.45) is -4.38. The number of halogens is 5. The van der Waals surface area contributed by atoms with Gasteiger partial charge in [-0.1, -0.05) is 16.8 Å². The Balaban J connectivity index is 0.000000423. The summed E-state index contributed by atoms with van der Waals surface area (Å²) < 4.78 is 55.5. The summed E-state index contributed by atoms with van der Waals surface area (Å²) >= 11 is 5.76. The molecule has 0 bridgehead atoms. The molecule has 0 saturated carbocycles. The molecule has 0 aliphatic carbocycles. The van der Waals surface area contributed by atoms with E-state index in [1.165, 1.54) is 12.1 Å². The van der Waals surface area contributed by atoms with Crippen molar-refractivity contribution in [2.75, 3.05) is 18.4 Å². The van der Waals surface area contributed by atoms with Crippen molar-refractivity contribution in [1.82, 2.24) is 20.0 Å². The van der Waals surface area contributed by atoms with Gasteiger partial charge in [0.1, 0.15) is 5.82 Å². The fourth-order valence-electron chi connectivity index (χ4n) is 2.01. The molecule has 31 heavy (non-hydrogen) atoms. The Morgan fingerprint density at radius 3 is 2.55 bits per heavy atom. The van der Waals surface area contributed by atoms with Crippen LogP contribution in [0.15, 0.2) is 32.1 Å². The van der Waals surface area contributed by atoms with Crippen molar-refractivity contribution in [3.63, 3.8) is 0 Å². The number of carboxylic acid groups (broad SMARTS) is 1. The van der Waals surface area contributed by atoms with Gasteiger partial charge in [0, 0.05) is 6.54 Å². The standard InChI is InChI=1S/C13H12ClFN6O3.C2HF3O2/c14-8-6-7(2-3-9(8)15)21-12(20-23-13(21)22)10-11(19-24-18-10)17-5-1-4-16;3-2(4,5)1(6)7/h2-3,6H,1,4-5,16H2,(H,17,19);(H,6,7). The Hall–Kier alpha value is -3.46. The highest BCUT2D eigenvalue weighted by Gasteiger charge is 2.38. The second-order valence-corrected chi connectivity index (χ2v) is 5.95. The van der Waals surface area contributed by atoms with Crippen LogP contribution in [0.3, 0.4) is 0 Å². The number of aliphatic carboxylic acids is 1. The summed E-state index contributed by atoms with van der Waals surface area (Å²) in [5, 5.41) is 21.1. The van der Waals surface area contributed by atoms with Gasteiger partial charge in [-0.25, -0.2) is 23.2 Å². The number of hydrogen-bond acceptors (Lipinski definition) is 9. The van der Waals surface area contributed by atoms with Gasteiger partial charge in [-0.05, 0) is 41.5 Å². The van der Waals surface area contributed by atoms with E-state index in [-0.39, 0.29) is 28.0 Å². The highest BCUT2D eigenvalue weighted by molar-refractivity contribution is 6.30. The van der Waals surface area contributed by atoms with E-state index in [9.17, 15) is 22.4 Å². The van der Waals surface area contributed by atoms with Crippen LogP contribution in [0, 0.1) is 5.82 Å². The van der Waals surface area contributed by atoms with Crippen LogP contribution >= 0.6 is 11.6 Å². The van der Waals surface area contributed by atoms with Crippen LogP contribution in [-0.4, -0.2) is 50.4 Å². The Morgan fingerprint density at radius 2 is 1.97 bits per heavy atom. The minimum absolute atomic E-state index is 0.0409. The summed E-state index contributed by atoms with van der Waals surface area (Å²) in [6, 6.07) is 3.76. The summed E-state index contributed by atoms with van der Waals surface area (Å²) in [4.78, 5) is 20.9. The zero-order chi connectivity index (χ0) is 23.2. The molecule has 0 spiro atoms. The molecule has 0 radical (unpaired) electrons. The van der Waals surface area contributed by atoms with Gasteiger partial charge in [-0.15, -0.1) is 0 Å². The van der Waals surface area contributed by atoms with Crippen LogP contribution in [0.5, 0.6) is 0 Å². The molecule has 0 aliphatic heterocycles. The first-order valence-corrected chi connectivity index (χ1v) is 8.55. The van der Waals surface area contributed by atoms with E-state index >= 15 is 0 Å². The maximum absolute atomic E-state index is 13.3. The minimum atomic E-state index is -5.08. The maximum atomic E-state index is 13.3. The Kier molecular flexibility index (Phi) is 7.71. The van der Waals surface area contributed by atoms with E-state index < -0.39 is 23.7 Å². The van der Waals surface area contributed by atoms with Crippen molar-refractivity contribution in [3.8, 4) is 17.2 Å². The Labute approximate surface area is 174 Å². The molecule has 2 aromatic heterocycles. The van der Waals surface area contributed by atoms with Crippen molar-refractivity contribution in [2.45, 2.75) is 12.6 Å². The number of hydrogen-bond donors (Lipinski definition) is 3. The number of aromatic nitrogens is 4. The number of anilines is 1. The molecule has 11 nitrogen and oxygen atoms in total. The normalized spacial score (nSPS) is 11.0. The van der Waals surface area contributed by atoms with Gasteiger partial charge in [0.15, 0.2) is 5.69 Å². The molecular weight excluding hydrogens is 456 g/mol. The number of nitrogens with two attached hydrogens (primary N) is 1. The van der Waals surface area contributed by atoms with Crippen LogP contribution in [0.1, 0.15) is 6.42 Å². The third-order valence-electron chi connectivity index (χ3n) is 3.38. The topological polar surface area (TPSA) is 162 Å². The molecule has 1 aromatic carbocycles. The van der Waals surface area contributed by atoms with Gasteiger partial charge in [-0.2, -0.15) is 13.2 Å². The van der Waals surface area contributed by atoms with E-state index in [0.29, 0.717) is 19.5 Å². The maximum Gasteiger partial charge on any atom is 0.490 e. The van der Waals surface area contributed by atoms with Gasteiger partial charge in [0.25, 0.3) is 0 Å². The van der Waals surface area contributed by atoms with Crippen molar-refractivity contribution in [2.24, 2.45) is 5.73 Å². The molecule has 0 unspecified atom stereocenters. The van der Waals surface area contributed by atoms with Crippen molar-refractivity contribution in [1.29, 1.82) is 0 Å². The van der Waals surface area contributed by atoms with Gasteiger partial charge in [-0.3, -0.25) is 4.52 Å². The Bertz CT molecular complexity index is 1100. The summed E-state index contributed by atoms with van der Waals surface area (Å²) in [5.41, 5.74) is 5.86. The van der Waals surface area contributed by atoms with Crippen LogP contribution in [-0.2, 0) is 4.79 Å². The van der Waals surface area contributed by atoms with Crippen LogP contribution < -0.4 is 16.8 Å². The second kappa shape index (κ2) is 10.0. The molecule has 4 N–H and O–H groups in total. The first-order valence-electron chi connectivity index (χ1n) is 8.17. The van der Waals surface area contributed by atoms with E-state index in [4.69, 9.17) is 31.9 Å². The molecule has 0 amide bonds. The fourth-order valence-corrected chi connectivity index (χ4v) is 2.19. The number of carbonyl (C=O) groups is 1. The highest BCUT2D eigenvalue weighted by atomic mass is 35.5. The van der Waals surface area contributed by atoms with Crippen LogP contribution in [0.25, 0.3) is 17.2 Å². The van der Waals surface area contributed by atoms with E-state index in [1.54, 1.807) is 0 Å². The molecule has 16 heteroatoms. The summed E-state index contributed by atoms with van der Waals surface area (Å²) in [5.74, 6) is -3.84. The Morgan fingerprint density at radius 1 is 1.29 bits per heavy atom. The minimum Gasteiger partial charge on any atom is -0.475 e. The second-order valence-electron chi connectivity index (χ2n) is 5.54. The molecule has 0 aliphatic rings. The average molecular weight is 469 g/mol. The molecule has 0 fully saturated rings. The van der Waals surface area contributed by atoms with E-state index in [0.717, 1.165) is 10.6 Å². The zero-order valence-corrected chi connectivity index (χ0v) is 15.9. The molecule has 0 saturated heterocycles. The summed E-state index contributed by atoms with van der Waals surface area (Å²) in [6.45, 7) is 1.03. The van der Waals surface area contributed by atoms with Crippen LogP contribution in [0.4, 0.5) is 23.4 Å². The first-order chi connectivity index (χ1) is 14.6. The quantitative estimate of drug-likeness (QED) is 0.360. The number of nitrogens with one attached hydrogen (secondary N) is 1. The largest absolute Gasteiger partial charge is 0.490 e.